The lowest BCUT2D eigenvalue weighted by Crippen LogP contribution is -2.09. The lowest BCUT2D eigenvalue weighted by molar-refractivity contribution is 0.596. The lowest BCUT2D eigenvalue weighted by atomic mass is 10.1. The average Bonchev–Trinajstić information content (AvgIpc) is 2.73. The van der Waals surface area contributed by atoms with Gasteiger partial charge in [0.1, 0.15) is 10.7 Å². The third-order valence-electron chi connectivity index (χ3n) is 4.47. The van der Waals surface area contributed by atoms with Crippen LogP contribution in [0, 0.1) is 5.82 Å². The number of fused-ring (bicyclic) bond motifs is 1. The number of hydrogen-bond acceptors (Lipinski definition) is 4. The van der Waals surface area contributed by atoms with Crippen LogP contribution in [0.25, 0.3) is 10.9 Å². The Morgan fingerprint density at radius 2 is 1.54 bits per heavy atom. The van der Waals surface area contributed by atoms with E-state index in [0.717, 1.165) is 5.56 Å². The molecule has 140 valence electrons. The van der Waals surface area contributed by atoms with Crippen molar-refractivity contribution in [3.63, 3.8) is 0 Å². The first-order valence-corrected chi connectivity index (χ1v) is 10.2. The van der Waals surface area contributed by atoms with E-state index in [-0.39, 0.29) is 15.6 Å². The van der Waals surface area contributed by atoms with Gasteiger partial charge in [0.25, 0.3) is 0 Å². The highest BCUT2D eigenvalue weighted by molar-refractivity contribution is 7.91. The number of anilines is 1. The number of para-hydroxylation sites is 1. The van der Waals surface area contributed by atoms with Crippen LogP contribution in [0.4, 0.5) is 10.1 Å². The van der Waals surface area contributed by atoms with Crippen molar-refractivity contribution in [2.45, 2.75) is 16.3 Å². The SMILES string of the molecule is O=S(=O)(c1ccccc1)c1cnc2ccccc2c1NCc1ccc(F)cc1. The first-order chi connectivity index (χ1) is 13.6. The van der Waals surface area contributed by atoms with Crippen LogP contribution in [-0.2, 0) is 16.4 Å². The van der Waals surface area contributed by atoms with Crippen LogP contribution >= 0.6 is 0 Å². The van der Waals surface area contributed by atoms with Gasteiger partial charge in [-0.25, -0.2) is 12.8 Å². The van der Waals surface area contributed by atoms with Crippen molar-refractivity contribution in [2.75, 3.05) is 5.32 Å². The monoisotopic (exact) mass is 392 g/mol. The molecule has 0 spiro atoms. The van der Waals surface area contributed by atoms with Gasteiger partial charge in [0.2, 0.25) is 9.84 Å². The van der Waals surface area contributed by atoms with E-state index in [1.807, 2.05) is 24.3 Å². The molecule has 4 rings (SSSR count). The Morgan fingerprint density at radius 1 is 0.857 bits per heavy atom. The summed E-state index contributed by atoms with van der Waals surface area (Å²) in [4.78, 5) is 4.65. The van der Waals surface area contributed by atoms with Crippen LogP contribution in [0.5, 0.6) is 0 Å². The molecule has 1 N–H and O–H groups in total. The predicted molar refractivity (Wildman–Crippen MR) is 107 cm³/mol. The molecule has 0 amide bonds. The number of nitrogens with zero attached hydrogens (tertiary/aromatic N) is 1. The van der Waals surface area contributed by atoms with Crippen LogP contribution in [-0.4, -0.2) is 13.4 Å². The molecule has 0 fully saturated rings. The van der Waals surface area contributed by atoms with Crippen molar-refractivity contribution in [3.8, 4) is 0 Å². The molecule has 3 aromatic carbocycles. The minimum absolute atomic E-state index is 0.111. The Kier molecular flexibility index (Phi) is 4.79. The van der Waals surface area contributed by atoms with Gasteiger partial charge in [0.05, 0.1) is 16.1 Å². The van der Waals surface area contributed by atoms with Crippen LogP contribution in [0.3, 0.4) is 0 Å². The molecule has 1 aromatic heterocycles. The standard InChI is InChI=1S/C22H17FN2O2S/c23-17-12-10-16(11-13-17)14-25-22-19-8-4-5-9-20(19)24-15-21(22)28(26,27)18-6-2-1-3-7-18/h1-13,15H,14H2,(H,24,25). The van der Waals surface area contributed by atoms with Crippen molar-refractivity contribution in [1.82, 2.24) is 4.98 Å². The first kappa shape index (κ1) is 18.1. The highest BCUT2D eigenvalue weighted by Crippen LogP contribution is 2.33. The van der Waals surface area contributed by atoms with E-state index < -0.39 is 9.84 Å². The normalized spacial score (nSPS) is 11.5. The maximum atomic E-state index is 13.2. The van der Waals surface area contributed by atoms with Gasteiger partial charge in [0, 0.05) is 18.1 Å². The maximum Gasteiger partial charge on any atom is 0.210 e. The summed E-state index contributed by atoms with van der Waals surface area (Å²) in [5.41, 5.74) is 2.01. The number of rotatable bonds is 5. The number of pyridine rings is 1. The molecule has 6 heteroatoms. The first-order valence-electron chi connectivity index (χ1n) is 8.72. The number of benzene rings is 3. The summed E-state index contributed by atoms with van der Waals surface area (Å²) in [6.07, 6.45) is 1.39. The summed E-state index contributed by atoms with van der Waals surface area (Å²) in [6, 6.07) is 21.7. The molecular weight excluding hydrogens is 375 g/mol. The van der Waals surface area contributed by atoms with Gasteiger partial charge in [-0.1, -0.05) is 48.5 Å². The molecule has 0 saturated carbocycles. The topological polar surface area (TPSA) is 59.1 Å². The lowest BCUT2D eigenvalue weighted by Gasteiger charge is -2.15. The molecular formula is C22H17FN2O2S. The van der Waals surface area contributed by atoms with Gasteiger partial charge in [-0.15, -0.1) is 0 Å². The summed E-state index contributed by atoms with van der Waals surface area (Å²) in [5, 5.41) is 3.94. The van der Waals surface area contributed by atoms with E-state index in [1.165, 1.54) is 18.3 Å². The van der Waals surface area contributed by atoms with Gasteiger partial charge >= 0.3 is 0 Å². The number of hydrogen-bond donors (Lipinski definition) is 1. The summed E-state index contributed by atoms with van der Waals surface area (Å²) >= 11 is 0. The van der Waals surface area contributed by atoms with Gasteiger partial charge in [0.15, 0.2) is 0 Å². The second-order valence-electron chi connectivity index (χ2n) is 6.31. The molecule has 4 aromatic rings. The third kappa shape index (κ3) is 3.46. The highest BCUT2D eigenvalue weighted by atomic mass is 32.2. The van der Waals surface area contributed by atoms with Crippen molar-refractivity contribution in [1.29, 1.82) is 0 Å². The Hall–Kier alpha value is -3.25. The summed E-state index contributed by atoms with van der Waals surface area (Å²) in [5.74, 6) is -0.314. The quantitative estimate of drug-likeness (QED) is 0.529. The number of nitrogens with one attached hydrogen (secondary N) is 1. The molecule has 0 bridgehead atoms. The fourth-order valence-corrected chi connectivity index (χ4v) is 4.44. The van der Waals surface area contributed by atoms with E-state index in [4.69, 9.17) is 0 Å². The zero-order valence-electron chi connectivity index (χ0n) is 14.8. The molecule has 4 nitrogen and oxygen atoms in total. The zero-order valence-corrected chi connectivity index (χ0v) is 15.7. The Balaban J connectivity index is 1.82. The molecule has 0 aliphatic heterocycles. The molecule has 0 atom stereocenters. The minimum Gasteiger partial charge on any atom is -0.379 e. The molecule has 0 radical (unpaired) electrons. The second kappa shape index (κ2) is 7.40. The van der Waals surface area contributed by atoms with Crippen molar-refractivity contribution in [3.05, 3.63) is 96.4 Å². The van der Waals surface area contributed by atoms with Gasteiger partial charge < -0.3 is 5.32 Å². The van der Waals surface area contributed by atoms with Crippen LogP contribution in [0.1, 0.15) is 5.56 Å². The van der Waals surface area contributed by atoms with E-state index >= 15 is 0 Å². The predicted octanol–water partition coefficient (Wildman–Crippen LogP) is 4.82. The van der Waals surface area contributed by atoms with E-state index in [0.29, 0.717) is 23.1 Å². The molecule has 0 unspecified atom stereocenters. The third-order valence-corrected chi connectivity index (χ3v) is 6.25. The number of sulfone groups is 1. The fourth-order valence-electron chi connectivity index (χ4n) is 3.03. The summed E-state index contributed by atoms with van der Waals surface area (Å²) in [6.45, 7) is 0.353. The average molecular weight is 392 g/mol. The van der Waals surface area contributed by atoms with Crippen LogP contribution < -0.4 is 5.32 Å². The molecule has 0 aliphatic carbocycles. The van der Waals surface area contributed by atoms with Crippen molar-refractivity contribution >= 4 is 26.4 Å². The molecule has 28 heavy (non-hydrogen) atoms. The van der Waals surface area contributed by atoms with Crippen LogP contribution in [0.2, 0.25) is 0 Å². The van der Waals surface area contributed by atoms with Crippen LogP contribution in [0.15, 0.2) is 94.9 Å². The Morgan fingerprint density at radius 3 is 2.29 bits per heavy atom. The van der Waals surface area contributed by atoms with Gasteiger partial charge in [-0.05, 0) is 35.9 Å². The summed E-state index contributed by atoms with van der Waals surface area (Å²) in [7, 11) is -3.76. The Labute approximate surface area is 162 Å². The molecule has 0 saturated heterocycles. The second-order valence-corrected chi connectivity index (χ2v) is 8.23. The van der Waals surface area contributed by atoms with E-state index in [9.17, 15) is 12.8 Å². The maximum absolute atomic E-state index is 13.2. The fraction of sp³-hybridized carbons (Fsp3) is 0.0455. The van der Waals surface area contributed by atoms with Gasteiger partial charge in [-0.2, -0.15) is 0 Å². The Bertz CT molecular complexity index is 1220. The van der Waals surface area contributed by atoms with Crippen molar-refractivity contribution < 1.29 is 12.8 Å². The number of aromatic nitrogens is 1. The minimum atomic E-state index is -3.76. The molecule has 1 heterocycles. The largest absolute Gasteiger partial charge is 0.379 e. The zero-order chi connectivity index (χ0) is 19.6. The highest BCUT2D eigenvalue weighted by Gasteiger charge is 2.23. The van der Waals surface area contributed by atoms with E-state index in [1.54, 1.807) is 42.5 Å². The van der Waals surface area contributed by atoms with E-state index in [2.05, 4.69) is 10.3 Å². The summed E-state index contributed by atoms with van der Waals surface area (Å²) < 4.78 is 39.6. The van der Waals surface area contributed by atoms with Gasteiger partial charge in [-0.3, -0.25) is 4.98 Å². The van der Waals surface area contributed by atoms with Crippen molar-refractivity contribution in [2.24, 2.45) is 0 Å². The molecule has 0 aliphatic rings. The smallest absolute Gasteiger partial charge is 0.210 e. The number of halogens is 1.